The number of methoxy groups -OCH3 is 1. The summed E-state index contributed by atoms with van der Waals surface area (Å²) in [4.78, 5) is 27.2. The number of nitrogens with zero attached hydrogens (tertiary/aromatic N) is 3. The SMILES string of the molecule is COC(=O)C1CN([C@@H]2CCCn3nc(C(=O)Nc4cccc(B5OC(C)(C)C(C)(C)O5)c4Cl)cc32)C1. The molecule has 3 aliphatic heterocycles. The molecule has 0 saturated carbocycles. The Morgan fingerprint density at radius 3 is 2.56 bits per heavy atom. The summed E-state index contributed by atoms with van der Waals surface area (Å²) in [6.07, 6.45) is 1.92. The first-order valence-electron chi connectivity index (χ1n) is 12.4. The zero-order valence-corrected chi connectivity index (χ0v) is 22.1. The van der Waals surface area contributed by atoms with Gasteiger partial charge in [0.15, 0.2) is 5.69 Å². The summed E-state index contributed by atoms with van der Waals surface area (Å²) in [7, 11) is 0.786. The Kier molecular flexibility index (Phi) is 6.43. The number of aryl methyl sites for hydroxylation is 1. The van der Waals surface area contributed by atoms with E-state index < -0.39 is 18.3 Å². The molecule has 1 N–H and O–H groups in total. The average Bonchev–Trinajstić information content (AvgIpc) is 3.32. The molecule has 36 heavy (non-hydrogen) atoms. The second-order valence-corrected chi connectivity index (χ2v) is 11.1. The molecule has 192 valence electrons. The molecule has 0 bridgehead atoms. The normalized spacial score (nSPS) is 23.2. The Balaban J connectivity index is 1.31. The predicted molar refractivity (Wildman–Crippen MR) is 136 cm³/mol. The van der Waals surface area contributed by atoms with Crippen molar-refractivity contribution in [1.29, 1.82) is 0 Å². The summed E-state index contributed by atoms with van der Waals surface area (Å²) in [6.45, 7) is 10.0. The molecule has 3 aliphatic rings. The molecule has 1 aromatic carbocycles. The second kappa shape index (κ2) is 9.17. The lowest BCUT2D eigenvalue weighted by Gasteiger charge is -2.44. The number of carbonyl (C=O) groups is 2. The number of rotatable bonds is 5. The maximum Gasteiger partial charge on any atom is 0.496 e. The van der Waals surface area contributed by atoms with Gasteiger partial charge in [0.25, 0.3) is 5.91 Å². The molecule has 0 spiro atoms. The van der Waals surface area contributed by atoms with Crippen molar-refractivity contribution >= 4 is 41.7 Å². The summed E-state index contributed by atoms with van der Waals surface area (Å²) in [5.74, 6) is -0.593. The van der Waals surface area contributed by atoms with Crippen LogP contribution in [0.5, 0.6) is 0 Å². The molecule has 2 saturated heterocycles. The van der Waals surface area contributed by atoms with Crippen LogP contribution < -0.4 is 10.8 Å². The Morgan fingerprint density at radius 2 is 1.89 bits per heavy atom. The van der Waals surface area contributed by atoms with E-state index in [9.17, 15) is 9.59 Å². The molecular weight excluding hydrogens is 483 g/mol. The van der Waals surface area contributed by atoms with E-state index in [0.29, 0.717) is 35.0 Å². The molecule has 2 fully saturated rings. The van der Waals surface area contributed by atoms with Gasteiger partial charge in [-0.2, -0.15) is 5.10 Å². The van der Waals surface area contributed by atoms with Gasteiger partial charge in [0, 0.05) is 25.1 Å². The van der Waals surface area contributed by atoms with Crippen LogP contribution in [0.1, 0.15) is 62.8 Å². The smallest absolute Gasteiger partial charge is 0.469 e. The predicted octanol–water partition coefficient (Wildman–Crippen LogP) is 3.03. The van der Waals surface area contributed by atoms with Gasteiger partial charge in [-0.1, -0.05) is 23.7 Å². The van der Waals surface area contributed by atoms with Crippen LogP contribution in [0, 0.1) is 5.92 Å². The zero-order valence-electron chi connectivity index (χ0n) is 21.3. The number of anilines is 1. The number of fused-ring (bicyclic) bond motifs is 1. The maximum absolute atomic E-state index is 13.2. The highest BCUT2D eigenvalue weighted by atomic mass is 35.5. The van der Waals surface area contributed by atoms with Crippen molar-refractivity contribution in [3.8, 4) is 0 Å². The van der Waals surface area contributed by atoms with Crippen molar-refractivity contribution in [3.63, 3.8) is 0 Å². The average molecular weight is 515 g/mol. The van der Waals surface area contributed by atoms with Crippen LogP contribution in [0.3, 0.4) is 0 Å². The molecule has 4 heterocycles. The molecule has 11 heteroatoms. The minimum Gasteiger partial charge on any atom is -0.469 e. The first-order valence-corrected chi connectivity index (χ1v) is 12.7. The number of nitrogens with one attached hydrogen (secondary N) is 1. The van der Waals surface area contributed by atoms with E-state index in [0.717, 1.165) is 25.1 Å². The van der Waals surface area contributed by atoms with Gasteiger partial charge in [-0.25, -0.2) is 0 Å². The van der Waals surface area contributed by atoms with Crippen LogP contribution in [0.2, 0.25) is 5.02 Å². The number of hydrogen-bond donors (Lipinski definition) is 1. The van der Waals surface area contributed by atoms with Gasteiger partial charge < -0.3 is 19.4 Å². The molecule has 1 atom stereocenters. The lowest BCUT2D eigenvalue weighted by atomic mass is 9.79. The highest BCUT2D eigenvalue weighted by Gasteiger charge is 2.52. The molecule has 2 aromatic rings. The molecule has 5 rings (SSSR count). The monoisotopic (exact) mass is 514 g/mol. The molecule has 0 aliphatic carbocycles. The van der Waals surface area contributed by atoms with Crippen LogP contribution in [-0.4, -0.2) is 65.1 Å². The highest BCUT2D eigenvalue weighted by Crippen LogP contribution is 2.38. The lowest BCUT2D eigenvalue weighted by molar-refractivity contribution is -0.152. The molecular formula is C25H32BClN4O5. The van der Waals surface area contributed by atoms with Crippen LogP contribution in [0.15, 0.2) is 24.3 Å². The number of benzene rings is 1. The van der Waals surface area contributed by atoms with Crippen molar-refractivity contribution in [1.82, 2.24) is 14.7 Å². The Hall–Kier alpha value is -2.40. The van der Waals surface area contributed by atoms with E-state index >= 15 is 0 Å². The van der Waals surface area contributed by atoms with E-state index in [2.05, 4.69) is 15.3 Å². The second-order valence-electron chi connectivity index (χ2n) is 10.8. The molecule has 9 nitrogen and oxygen atoms in total. The third kappa shape index (κ3) is 4.34. The number of carbonyl (C=O) groups excluding carboxylic acids is 2. The van der Waals surface area contributed by atoms with Gasteiger partial charge in [0.2, 0.25) is 0 Å². The van der Waals surface area contributed by atoms with Gasteiger partial charge in [-0.05, 0) is 52.7 Å². The lowest BCUT2D eigenvalue weighted by Crippen LogP contribution is -2.52. The number of halogens is 1. The van der Waals surface area contributed by atoms with E-state index in [-0.39, 0.29) is 23.8 Å². The number of amides is 1. The summed E-state index contributed by atoms with van der Waals surface area (Å²) < 4.78 is 19.0. The quantitative estimate of drug-likeness (QED) is 0.484. The number of ether oxygens (including phenoxy) is 1. The van der Waals surface area contributed by atoms with E-state index in [4.69, 9.17) is 25.6 Å². The minimum absolute atomic E-state index is 0.0885. The summed E-state index contributed by atoms with van der Waals surface area (Å²) in [5, 5.41) is 7.86. The van der Waals surface area contributed by atoms with Crippen molar-refractivity contribution in [3.05, 3.63) is 40.7 Å². The largest absolute Gasteiger partial charge is 0.496 e. The van der Waals surface area contributed by atoms with E-state index in [1.807, 2.05) is 50.6 Å². The fourth-order valence-corrected chi connectivity index (χ4v) is 5.27. The van der Waals surface area contributed by atoms with Crippen LogP contribution in [0.25, 0.3) is 0 Å². The molecule has 1 aromatic heterocycles. The van der Waals surface area contributed by atoms with E-state index in [1.165, 1.54) is 7.11 Å². The van der Waals surface area contributed by atoms with Gasteiger partial charge >= 0.3 is 13.1 Å². The highest BCUT2D eigenvalue weighted by molar-refractivity contribution is 6.66. The van der Waals surface area contributed by atoms with Gasteiger partial charge in [0.1, 0.15) is 0 Å². The standard InChI is InChI=1S/C25H32BClN4O5/c1-24(2)25(3,4)36-26(35-24)16-8-6-9-17(21(16)27)28-22(32)18-12-20-19(10-7-11-31(20)29-18)30-13-15(14-30)23(33)34-5/h6,8-9,12,15,19H,7,10-11,13-14H2,1-5H3,(H,28,32)/t19-/m1/s1. The summed E-state index contributed by atoms with van der Waals surface area (Å²) in [6, 6.07) is 7.38. The van der Waals surface area contributed by atoms with Crippen molar-refractivity contribution < 1.29 is 23.6 Å². The molecule has 1 amide bonds. The number of likely N-dealkylation sites (tertiary alicyclic amines) is 1. The minimum atomic E-state index is -0.634. The Morgan fingerprint density at radius 1 is 1.19 bits per heavy atom. The Bertz CT molecular complexity index is 1180. The van der Waals surface area contributed by atoms with Crippen molar-refractivity contribution in [2.24, 2.45) is 5.92 Å². The van der Waals surface area contributed by atoms with Crippen molar-refractivity contribution in [2.75, 3.05) is 25.5 Å². The van der Waals surface area contributed by atoms with Crippen LogP contribution >= 0.6 is 11.6 Å². The fourth-order valence-electron chi connectivity index (χ4n) is 5.01. The number of esters is 1. The maximum atomic E-state index is 13.2. The first-order chi connectivity index (χ1) is 17.0. The van der Waals surface area contributed by atoms with Crippen molar-refractivity contribution in [2.45, 2.75) is 64.3 Å². The fraction of sp³-hybridized carbons (Fsp3) is 0.560. The Labute approximate surface area is 216 Å². The molecule has 0 unspecified atom stereocenters. The van der Waals surface area contributed by atoms with E-state index in [1.54, 1.807) is 6.07 Å². The third-order valence-electron chi connectivity index (χ3n) is 7.90. The topological polar surface area (TPSA) is 94.9 Å². The van der Waals surface area contributed by atoms with Crippen LogP contribution in [-0.2, 0) is 25.4 Å². The third-order valence-corrected chi connectivity index (χ3v) is 8.32. The molecule has 0 radical (unpaired) electrons. The summed E-state index contributed by atoms with van der Waals surface area (Å²) in [5.41, 5.74) is 1.46. The zero-order chi connectivity index (χ0) is 25.8. The van der Waals surface area contributed by atoms with Gasteiger partial charge in [0.05, 0.1) is 46.7 Å². The van der Waals surface area contributed by atoms with Gasteiger partial charge in [-0.15, -0.1) is 0 Å². The first kappa shape index (κ1) is 25.3. The van der Waals surface area contributed by atoms with Crippen LogP contribution in [0.4, 0.5) is 5.69 Å². The number of hydrogen-bond acceptors (Lipinski definition) is 7. The summed E-state index contributed by atoms with van der Waals surface area (Å²) >= 11 is 6.71. The van der Waals surface area contributed by atoms with Gasteiger partial charge in [-0.3, -0.25) is 19.2 Å². The number of aromatic nitrogens is 2.